The Labute approximate surface area is 51.2 Å². The molecule has 2 nitrogen and oxygen atoms in total. The molecule has 0 aliphatic carbocycles. The molecule has 0 aromatic rings. The zero-order valence-electron chi connectivity index (χ0n) is 5.27. The first-order valence-corrected chi connectivity index (χ1v) is 3.06. The van der Waals surface area contributed by atoms with Crippen LogP contribution in [-0.4, -0.2) is 12.6 Å². The highest BCUT2D eigenvalue weighted by Crippen LogP contribution is 1.94. The van der Waals surface area contributed by atoms with Crippen molar-refractivity contribution in [3.05, 3.63) is 6.92 Å². The Hall–Kier alpha value is -0.0800. The SMILES string of the molecule is [CH2]CC(N)CCCN. The molecule has 0 amide bonds. The van der Waals surface area contributed by atoms with Crippen molar-refractivity contribution in [1.82, 2.24) is 0 Å². The first kappa shape index (κ1) is 7.92. The topological polar surface area (TPSA) is 52.0 Å². The van der Waals surface area contributed by atoms with Gasteiger partial charge < -0.3 is 11.5 Å². The van der Waals surface area contributed by atoms with Gasteiger partial charge in [-0.05, 0) is 25.8 Å². The highest BCUT2D eigenvalue weighted by Gasteiger charge is 1.95. The van der Waals surface area contributed by atoms with Gasteiger partial charge in [0.2, 0.25) is 0 Å². The molecule has 1 atom stereocenters. The molecular formula is C6H15N2. The Morgan fingerprint density at radius 1 is 1.50 bits per heavy atom. The van der Waals surface area contributed by atoms with Gasteiger partial charge in [0, 0.05) is 6.04 Å². The van der Waals surface area contributed by atoms with E-state index in [1.807, 2.05) is 0 Å². The summed E-state index contributed by atoms with van der Waals surface area (Å²) < 4.78 is 0. The average Bonchev–Trinajstić information content (AvgIpc) is 1.83. The third-order valence-electron chi connectivity index (χ3n) is 1.15. The molecular weight excluding hydrogens is 100 g/mol. The minimum absolute atomic E-state index is 0.263. The molecule has 1 radical (unpaired) electrons. The van der Waals surface area contributed by atoms with Crippen LogP contribution in [0.2, 0.25) is 0 Å². The zero-order chi connectivity index (χ0) is 6.41. The molecule has 0 aromatic heterocycles. The van der Waals surface area contributed by atoms with Crippen LogP contribution in [-0.2, 0) is 0 Å². The van der Waals surface area contributed by atoms with E-state index in [9.17, 15) is 0 Å². The molecule has 0 aliphatic heterocycles. The van der Waals surface area contributed by atoms with Crippen LogP contribution in [0.3, 0.4) is 0 Å². The highest BCUT2D eigenvalue weighted by atomic mass is 14.6. The van der Waals surface area contributed by atoms with E-state index in [-0.39, 0.29) is 6.04 Å². The summed E-state index contributed by atoms with van der Waals surface area (Å²) in [5.41, 5.74) is 10.8. The number of rotatable bonds is 4. The van der Waals surface area contributed by atoms with Crippen molar-refractivity contribution < 1.29 is 0 Å². The standard InChI is InChI=1S/C6H15N2/c1-2-6(8)4-3-5-7/h6H,1-5,7-8H2. The van der Waals surface area contributed by atoms with E-state index in [1.54, 1.807) is 0 Å². The van der Waals surface area contributed by atoms with Crippen molar-refractivity contribution in [3.63, 3.8) is 0 Å². The van der Waals surface area contributed by atoms with Gasteiger partial charge in [0.25, 0.3) is 0 Å². The quantitative estimate of drug-likeness (QED) is 0.553. The molecule has 0 saturated heterocycles. The Bertz CT molecular complexity index is 45.8. The van der Waals surface area contributed by atoms with Crippen LogP contribution in [0.1, 0.15) is 19.3 Å². The maximum absolute atomic E-state index is 5.54. The summed E-state index contributed by atoms with van der Waals surface area (Å²) >= 11 is 0. The monoisotopic (exact) mass is 115 g/mol. The fourth-order valence-corrected chi connectivity index (χ4v) is 0.524. The first-order chi connectivity index (χ1) is 3.81. The second-order valence-electron chi connectivity index (χ2n) is 1.98. The van der Waals surface area contributed by atoms with Gasteiger partial charge in [0.05, 0.1) is 0 Å². The van der Waals surface area contributed by atoms with E-state index >= 15 is 0 Å². The summed E-state index contributed by atoms with van der Waals surface area (Å²) in [7, 11) is 0. The molecule has 0 saturated carbocycles. The molecule has 0 aliphatic rings. The number of nitrogens with two attached hydrogens (primary N) is 2. The van der Waals surface area contributed by atoms with E-state index < -0.39 is 0 Å². The number of hydrogen-bond acceptors (Lipinski definition) is 2. The van der Waals surface area contributed by atoms with Crippen LogP contribution in [0.5, 0.6) is 0 Å². The van der Waals surface area contributed by atoms with Gasteiger partial charge in [-0.3, -0.25) is 0 Å². The Morgan fingerprint density at radius 2 is 2.12 bits per heavy atom. The lowest BCUT2D eigenvalue weighted by Crippen LogP contribution is -2.19. The van der Waals surface area contributed by atoms with E-state index in [2.05, 4.69) is 6.92 Å². The van der Waals surface area contributed by atoms with Gasteiger partial charge >= 0.3 is 0 Å². The molecule has 0 aromatic carbocycles. The first-order valence-electron chi connectivity index (χ1n) is 3.06. The molecule has 0 rings (SSSR count). The van der Waals surface area contributed by atoms with Crippen molar-refractivity contribution in [1.29, 1.82) is 0 Å². The summed E-state index contributed by atoms with van der Waals surface area (Å²) in [5.74, 6) is 0. The summed E-state index contributed by atoms with van der Waals surface area (Å²) in [5, 5.41) is 0. The van der Waals surface area contributed by atoms with Crippen LogP contribution in [0, 0.1) is 6.92 Å². The van der Waals surface area contributed by atoms with Crippen molar-refractivity contribution in [2.45, 2.75) is 25.3 Å². The van der Waals surface area contributed by atoms with Gasteiger partial charge in [-0.15, -0.1) is 0 Å². The Kier molecular flexibility index (Phi) is 5.01. The summed E-state index contributed by atoms with van der Waals surface area (Å²) in [6.07, 6.45) is 2.86. The summed E-state index contributed by atoms with van der Waals surface area (Å²) in [6, 6.07) is 0.263. The second kappa shape index (κ2) is 5.06. The van der Waals surface area contributed by atoms with Gasteiger partial charge in [0.15, 0.2) is 0 Å². The molecule has 8 heavy (non-hydrogen) atoms. The van der Waals surface area contributed by atoms with E-state index in [0.717, 1.165) is 25.8 Å². The predicted molar refractivity (Wildman–Crippen MR) is 36.2 cm³/mol. The summed E-state index contributed by atoms with van der Waals surface area (Å²) in [4.78, 5) is 0. The Morgan fingerprint density at radius 3 is 2.50 bits per heavy atom. The van der Waals surface area contributed by atoms with Crippen LogP contribution in [0.25, 0.3) is 0 Å². The lowest BCUT2D eigenvalue weighted by atomic mass is 10.1. The molecule has 2 heteroatoms. The largest absolute Gasteiger partial charge is 0.330 e. The van der Waals surface area contributed by atoms with Crippen LogP contribution >= 0.6 is 0 Å². The third kappa shape index (κ3) is 4.09. The van der Waals surface area contributed by atoms with E-state index in [0.29, 0.717) is 0 Å². The normalized spacial score (nSPS) is 13.9. The van der Waals surface area contributed by atoms with Crippen LogP contribution in [0.4, 0.5) is 0 Å². The minimum atomic E-state index is 0.263. The maximum Gasteiger partial charge on any atom is 0.00392 e. The smallest absolute Gasteiger partial charge is 0.00392 e. The highest BCUT2D eigenvalue weighted by molar-refractivity contribution is 4.61. The molecule has 49 valence electrons. The molecule has 0 heterocycles. The van der Waals surface area contributed by atoms with Gasteiger partial charge in [-0.2, -0.15) is 0 Å². The van der Waals surface area contributed by atoms with Gasteiger partial charge in [-0.1, -0.05) is 6.92 Å². The Balaban J connectivity index is 2.86. The summed E-state index contributed by atoms with van der Waals surface area (Å²) in [6.45, 7) is 4.42. The predicted octanol–water partition coefficient (Wildman–Crippen LogP) is 0.277. The second-order valence-corrected chi connectivity index (χ2v) is 1.98. The van der Waals surface area contributed by atoms with Crippen molar-refractivity contribution in [2.75, 3.05) is 6.54 Å². The van der Waals surface area contributed by atoms with Gasteiger partial charge in [-0.25, -0.2) is 0 Å². The lowest BCUT2D eigenvalue weighted by Gasteiger charge is -2.04. The zero-order valence-corrected chi connectivity index (χ0v) is 5.27. The average molecular weight is 115 g/mol. The molecule has 0 spiro atoms. The van der Waals surface area contributed by atoms with Crippen molar-refractivity contribution in [2.24, 2.45) is 11.5 Å². The third-order valence-corrected chi connectivity index (χ3v) is 1.15. The lowest BCUT2D eigenvalue weighted by molar-refractivity contribution is 0.593. The van der Waals surface area contributed by atoms with E-state index in [4.69, 9.17) is 11.5 Å². The van der Waals surface area contributed by atoms with Crippen LogP contribution in [0.15, 0.2) is 0 Å². The fraction of sp³-hybridized carbons (Fsp3) is 0.833. The minimum Gasteiger partial charge on any atom is -0.330 e. The van der Waals surface area contributed by atoms with Crippen molar-refractivity contribution >= 4 is 0 Å². The fourth-order valence-electron chi connectivity index (χ4n) is 0.524. The van der Waals surface area contributed by atoms with Crippen LogP contribution < -0.4 is 11.5 Å². The molecule has 0 fully saturated rings. The molecule has 4 N–H and O–H groups in total. The van der Waals surface area contributed by atoms with Crippen molar-refractivity contribution in [3.8, 4) is 0 Å². The molecule has 0 bridgehead atoms. The molecule has 1 unspecified atom stereocenters. The number of hydrogen-bond donors (Lipinski definition) is 2. The maximum atomic E-state index is 5.54. The van der Waals surface area contributed by atoms with E-state index in [1.165, 1.54) is 0 Å². The van der Waals surface area contributed by atoms with Gasteiger partial charge in [0.1, 0.15) is 0 Å².